The number of carbonyl (C=O) groups is 1. The van der Waals surface area contributed by atoms with Crippen LogP contribution in [0.4, 0.5) is 10.1 Å². The van der Waals surface area contributed by atoms with Crippen LogP contribution < -0.4 is 20.5 Å². The molecule has 1 aliphatic heterocycles. The van der Waals surface area contributed by atoms with Gasteiger partial charge in [-0.2, -0.15) is 0 Å². The molecule has 1 aliphatic rings. The van der Waals surface area contributed by atoms with Crippen LogP contribution in [0, 0.1) is 12.7 Å². The number of hydrogen-bond acceptors (Lipinski definition) is 5. The average Bonchev–Trinajstić information content (AvgIpc) is 3.37. The number of nitrogens with zero attached hydrogens (tertiary/aromatic N) is 1. The van der Waals surface area contributed by atoms with Crippen LogP contribution in [-0.2, 0) is 11.2 Å². The van der Waals surface area contributed by atoms with Crippen molar-refractivity contribution in [2.75, 3.05) is 19.5 Å². The summed E-state index contributed by atoms with van der Waals surface area (Å²) in [4.78, 5) is 13.6. The standard InChI is InChI=1S/C22H18ClFO2.C6H6N2O.CH5N/c1-13-8-10-18(25-2)22(24)20(13)21-15-12-19(14-6-4-3-5-7-14)26-17(15)11-9-16(21)23;9-5-8-6-2-1-3-7-4-6;1-2/h3-11,19H,12H2,1-2H3;1-5H,(H,8,9);2H2,1H3. The number of aromatic nitrogens is 1. The summed E-state index contributed by atoms with van der Waals surface area (Å²) in [5.41, 5.74) is 9.21. The Morgan fingerprint density at radius 3 is 2.49 bits per heavy atom. The first-order valence-corrected chi connectivity index (χ1v) is 12.0. The molecule has 0 saturated carbocycles. The zero-order chi connectivity index (χ0) is 26.8. The number of benzene rings is 3. The van der Waals surface area contributed by atoms with Gasteiger partial charge in [0.05, 0.1) is 19.0 Å². The maximum absolute atomic E-state index is 15.1. The van der Waals surface area contributed by atoms with E-state index < -0.39 is 5.82 Å². The highest BCUT2D eigenvalue weighted by Gasteiger charge is 2.30. The second-order valence-corrected chi connectivity index (χ2v) is 8.31. The largest absolute Gasteiger partial charge is 0.494 e. The number of rotatable bonds is 5. The minimum atomic E-state index is -0.397. The molecule has 0 spiro atoms. The Bertz CT molecular complexity index is 1320. The molecule has 1 aromatic heterocycles. The van der Waals surface area contributed by atoms with Gasteiger partial charge in [-0.1, -0.05) is 48.0 Å². The van der Waals surface area contributed by atoms with Crippen molar-refractivity contribution in [3.8, 4) is 22.6 Å². The molecule has 1 amide bonds. The zero-order valence-electron chi connectivity index (χ0n) is 20.9. The van der Waals surface area contributed by atoms with E-state index in [1.807, 2.05) is 49.4 Å². The fourth-order valence-corrected chi connectivity index (χ4v) is 4.32. The molecule has 37 heavy (non-hydrogen) atoms. The number of fused-ring (bicyclic) bond motifs is 1. The minimum absolute atomic E-state index is 0.0996. The molecule has 4 aromatic rings. The van der Waals surface area contributed by atoms with Crippen LogP contribution in [0.2, 0.25) is 5.02 Å². The Balaban J connectivity index is 0.000000291. The van der Waals surface area contributed by atoms with Gasteiger partial charge in [0.2, 0.25) is 6.41 Å². The highest BCUT2D eigenvalue weighted by atomic mass is 35.5. The third kappa shape index (κ3) is 6.44. The fraction of sp³-hybridized carbons (Fsp3) is 0.172. The molecule has 0 saturated heterocycles. The van der Waals surface area contributed by atoms with Crippen molar-refractivity contribution < 1.29 is 18.7 Å². The Kier molecular flexibility index (Phi) is 10.0. The maximum Gasteiger partial charge on any atom is 0.211 e. The van der Waals surface area contributed by atoms with Gasteiger partial charge in [-0.05, 0) is 55.4 Å². The summed E-state index contributed by atoms with van der Waals surface area (Å²) < 4.78 is 26.4. The van der Waals surface area contributed by atoms with Crippen molar-refractivity contribution >= 4 is 23.7 Å². The second kappa shape index (κ2) is 13.4. The van der Waals surface area contributed by atoms with Crippen molar-refractivity contribution in [3.05, 3.63) is 107 Å². The molecule has 6 nitrogen and oxygen atoms in total. The molecule has 3 N–H and O–H groups in total. The van der Waals surface area contributed by atoms with Crippen LogP contribution in [0.1, 0.15) is 22.8 Å². The van der Waals surface area contributed by atoms with Crippen molar-refractivity contribution in [1.82, 2.24) is 4.98 Å². The third-order valence-corrected chi connectivity index (χ3v) is 6.04. The number of amides is 1. The minimum Gasteiger partial charge on any atom is -0.494 e. The molecule has 0 fully saturated rings. The van der Waals surface area contributed by atoms with E-state index in [1.54, 1.807) is 36.7 Å². The normalized spacial score (nSPS) is 13.1. The summed E-state index contributed by atoms with van der Waals surface area (Å²) in [6.45, 7) is 1.87. The van der Waals surface area contributed by atoms with Crippen LogP contribution in [-0.4, -0.2) is 25.6 Å². The Hall–Kier alpha value is -3.94. The molecule has 5 rings (SSSR count). The molecular formula is C29H29ClFN3O3. The van der Waals surface area contributed by atoms with E-state index in [0.717, 1.165) is 22.4 Å². The number of nitrogens with two attached hydrogens (primary N) is 1. The SMILES string of the molecule is CN.COc1ccc(C)c(-c2c(Cl)ccc3c2CC(c2ccccc2)O3)c1F.O=CNc1cccnc1. The molecular weight excluding hydrogens is 493 g/mol. The van der Waals surface area contributed by atoms with E-state index in [0.29, 0.717) is 34.7 Å². The van der Waals surface area contributed by atoms with E-state index in [2.05, 4.69) is 16.0 Å². The van der Waals surface area contributed by atoms with Gasteiger partial charge in [-0.3, -0.25) is 9.78 Å². The highest BCUT2D eigenvalue weighted by molar-refractivity contribution is 6.33. The molecule has 1 unspecified atom stereocenters. The first kappa shape index (κ1) is 27.6. The number of methoxy groups -OCH3 is 1. The number of halogens is 2. The van der Waals surface area contributed by atoms with E-state index in [9.17, 15) is 4.79 Å². The molecule has 2 heterocycles. The topological polar surface area (TPSA) is 86.5 Å². The number of aryl methyl sites for hydroxylation is 1. The Morgan fingerprint density at radius 2 is 1.84 bits per heavy atom. The van der Waals surface area contributed by atoms with Gasteiger partial charge in [0.1, 0.15) is 11.9 Å². The van der Waals surface area contributed by atoms with Crippen molar-refractivity contribution in [2.24, 2.45) is 5.73 Å². The van der Waals surface area contributed by atoms with Gasteiger partial charge in [0.25, 0.3) is 0 Å². The van der Waals surface area contributed by atoms with Gasteiger partial charge in [0, 0.05) is 34.3 Å². The summed E-state index contributed by atoms with van der Waals surface area (Å²) in [6, 6.07) is 20.6. The number of hydrogen-bond donors (Lipinski definition) is 2. The summed E-state index contributed by atoms with van der Waals surface area (Å²) in [7, 11) is 2.96. The van der Waals surface area contributed by atoms with Crippen LogP contribution in [0.5, 0.6) is 11.5 Å². The number of pyridine rings is 1. The van der Waals surface area contributed by atoms with Crippen LogP contribution in [0.25, 0.3) is 11.1 Å². The van der Waals surface area contributed by atoms with Gasteiger partial charge in [-0.15, -0.1) is 0 Å². The van der Waals surface area contributed by atoms with E-state index in [-0.39, 0.29) is 11.9 Å². The van der Waals surface area contributed by atoms with Crippen LogP contribution in [0.3, 0.4) is 0 Å². The monoisotopic (exact) mass is 521 g/mol. The molecule has 8 heteroatoms. The molecule has 0 aliphatic carbocycles. The zero-order valence-corrected chi connectivity index (χ0v) is 21.6. The van der Waals surface area contributed by atoms with Gasteiger partial charge < -0.3 is 20.5 Å². The fourth-order valence-electron chi connectivity index (χ4n) is 4.05. The summed E-state index contributed by atoms with van der Waals surface area (Å²) in [5.74, 6) is 0.559. The highest BCUT2D eigenvalue weighted by Crippen LogP contribution is 2.47. The Morgan fingerprint density at radius 1 is 1.08 bits per heavy atom. The lowest BCUT2D eigenvalue weighted by Gasteiger charge is -2.15. The predicted octanol–water partition coefficient (Wildman–Crippen LogP) is 6.36. The van der Waals surface area contributed by atoms with Crippen molar-refractivity contribution in [3.63, 3.8) is 0 Å². The first-order chi connectivity index (χ1) is 18.0. The molecule has 192 valence electrons. The smallest absolute Gasteiger partial charge is 0.211 e. The van der Waals surface area contributed by atoms with Crippen LogP contribution in [0.15, 0.2) is 79.1 Å². The number of nitrogens with one attached hydrogen (secondary N) is 1. The van der Waals surface area contributed by atoms with E-state index >= 15 is 4.39 Å². The second-order valence-electron chi connectivity index (χ2n) is 7.90. The lowest BCUT2D eigenvalue weighted by Crippen LogP contribution is -2.02. The van der Waals surface area contributed by atoms with E-state index in [4.69, 9.17) is 21.1 Å². The first-order valence-electron chi connectivity index (χ1n) is 11.6. The number of anilines is 1. The summed E-state index contributed by atoms with van der Waals surface area (Å²) in [5, 5.41) is 2.97. The third-order valence-electron chi connectivity index (χ3n) is 5.72. The molecule has 3 aromatic carbocycles. The number of carbonyl (C=O) groups excluding carboxylic acids is 1. The van der Waals surface area contributed by atoms with Gasteiger partial charge in [-0.25, -0.2) is 4.39 Å². The number of ether oxygens (including phenoxy) is 2. The Labute approximate surface area is 221 Å². The lowest BCUT2D eigenvalue weighted by molar-refractivity contribution is -0.105. The van der Waals surface area contributed by atoms with Crippen molar-refractivity contribution in [1.29, 1.82) is 0 Å². The molecule has 0 bridgehead atoms. The van der Waals surface area contributed by atoms with E-state index in [1.165, 1.54) is 14.2 Å². The average molecular weight is 522 g/mol. The quantitative estimate of drug-likeness (QED) is 0.298. The maximum atomic E-state index is 15.1. The summed E-state index contributed by atoms with van der Waals surface area (Å²) >= 11 is 6.51. The predicted molar refractivity (Wildman–Crippen MR) is 146 cm³/mol. The van der Waals surface area contributed by atoms with Crippen LogP contribution >= 0.6 is 11.6 Å². The van der Waals surface area contributed by atoms with Crippen molar-refractivity contribution in [2.45, 2.75) is 19.4 Å². The van der Waals surface area contributed by atoms with Gasteiger partial charge >= 0.3 is 0 Å². The van der Waals surface area contributed by atoms with Gasteiger partial charge in [0.15, 0.2) is 11.6 Å². The summed E-state index contributed by atoms with van der Waals surface area (Å²) in [6.07, 6.45) is 4.39. The molecule has 1 atom stereocenters. The molecule has 0 radical (unpaired) electrons. The lowest BCUT2D eigenvalue weighted by atomic mass is 9.92.